The van der Waals surface area contributed by atoms with E-state index < -0.39 is 0 Å². The molecule has 2 N–H and O–H groups in total. The topological polar surface area (TPSA) is 66.5 Å². The van der Waals surface area contributed by atoms with Gasteiger partial charge in [0.15, 0.2) is 0 Å². The smallest absolute Gasteiger partial charge is 0.117 e. The van der Waals surface area contributed by atoms with Crippen molar-refractivity contribution in [2.75, 3.05) is 0 Å². The van der Waals surface area contributed by atoms with Crippen LogP contribution >= 0.6 is 11.3 Å². The Morgan fingerprint density at radius 1 is 1.15 bits per heavy atom. The Balaban J connectivity index is 1.65. The first-order chi connectivity index (χ1) is 9.83. The van der Waals surface area contributed by atoms with Gasteiger partial charge in [-0.25, -0.2) is 4.98 Å². The molecule has 0 unspecified atom stereocenters. The molecule has 0 amide bonds. The lowest BCUT2D eigenvalue weighted by Crippen LogP contribution is -2.13. The van der Waals surface area contributed by atoms with Gasteiger partial charge in [-0.15, -0.1) is 11.3 Å². The third-order valence-electron chi connectivity index (χ3n) is 2.90. The second kappa shape index (κ2) is 5.94. The minimum atomic E-state index is 0.666. The number of aromatic nitrogens is 4. The van der Waals surface area contributed by atoms with Crippen LogP contribution < -0.4 is 5.32 Å². The zero-order valence-electron chi connectivity index (χ0n) is 11.1. The van der Waals surface area contributed by atoms with Crippen molar-refractivity contribution in [3.8, 4) is 11.3 Å². The van der Waals surface area contributed by atoms with Gasteiger partial charge in [-0.1, -0.05) is 30.3 Å². The summed E-state index contributed by atoms with van der Waals surface area (Å²) >= 11 is 1.67. The van der Waals surface area contributed by atoms with E-state index in [1.807, 2.05) is 37.3 Å². The molecule has 3 rings (SSSR count). The van der Waals surface area contributed by atoms with Crippen LogP contribution in [0.3, 0.4) is 0 Å². The Morgan fingerprint density at radius 2 is 2.00 bits per heavy atom. The zero-order chi connectivity index (χ0) is 13.8. The summed E-state index contributed by atoms with van der Waals surface area (Å²) in [5.41, 5.74) is 3.96. The van der Waals surface area contributed by atoms with Crippen molar-refractivity contribution in [2.24, 2.45) is 0 Å². The molecule has 20 heavy (non-hydrogen) atoms. The lowest BCUT2D eigenvalue weighted by atomic mass is 10.1. The standard InChI is InChI=1S/C14H15N5S/c1-10-9-20-13(16-10)8-15-7-12-14(18-19-17-12)11-5-3-2-4-6-11/h2-6,9,15H,7-8H2,1H3,(H,17,18,19). The van der Waals surface area contributed by atoms with Crippen LogP contribution in [0.25, 0.3) is 11.3 Å². The molecular formula is C14H15N5S. The van der Waals surface area contributed by atoms with Gasteiger partial charge in [0.25, 0.3) is 0 Å². The third-order valence-corrected chi connectivity index (χ3v) is 3.87. The van der Waals surface area contributed by atoms with E-state index in [0.717, 1.165) is 34.2 Å². The molecular weight excluding hydrogens is 270 g/mol. The molecule has 0 aliphatic rings. The molecule has 2 aromatic heterocycles. The highest BCUT2D eigenvalue weighted by atomic mass is 32.1. The van der Waals surface area contributed by atoms with Crippen LogP contribution in [0.4, 0.5) is 0 Å². The predicted octanol–water partition coefficient (Wildman–Crippen LogP) is 2.53. The molecule has 2 heterocycles. The van der Waals surface area contributed by atoms with Gasteiger partial charge in [-0.3, -0.25) is 0 Å². The van der Waals surface area contributed by atoms with Crippen LogP contribution in [0, 0.1) is 6.92 Å². The van der Waals surface area contributed by atoms with Crippen LogP contribution in [-0.4, -0.2) is 20.4 Å². The van der Waals surface area contributed by atoms with Crippen LogP contribution in [0.1, 0.15) is 16.4 Å². The Hall–Kier alpha value is -2.05. The fourth-order valence-electron chi connectivity index (χ4n) is 1.97. The highest BCUT2D eigenvalue weighted by molar-refractivity contribution is 7.09. The second-order valence-corrected chi connectivity index (χ2v) is 5.41. The molecule has 0 bridgehead atoms. The number of aryl methyl sites for hydroxylation is 1. The molecule has 3 aromatic rings. The van der Waals surface area contributed by atoms with E-state index in [0.29, 0.717) is 6.54 Å². The van der Waals surface area contributed by atoms with E-state index in [2.05, 4.69) is 31.1 Å². The maximum atomic E-state index is 4.42. The molecule has 0 radical (unpaired) electrons. The van der Waals surface area contributed by atoms with Gasteiger partial charge >= 0.3 is 0 Å². The van der Waals surface area contributed by atoms with Gasteiger partial charge in [0.2, 0.25) is 0 Å². The number of H-pyrrole nitrogens is 1. The molecule has 0 saturated heterocycles. The van der Waals surface area contributed by atoms with E-state index in [4.69, 9.17) is 0 Å². The minimum absolute atomic E-state index is 0.666. The first-order valence-corrected chi connectivity index (χ1v) is 7.27. The van der Waals surface area contributed by atoms with Gasteiger partial charge in [-0.2, -0.15) is 15.4 Å². The molecule has 0 spiro atoms. The summed E-state index contributed by atoms with van der Waals surface area (Å²) in [5.74, 6) is 0. The monoisotopic (exact) mass is 285 g/mol. The third kappa shape index (κ3) is 2.92. The van der Waals surface area contributed by atoms with Crippen LogP contribution in [0.15, 0.2) is 35.7 Å². The molecule has 6 heteroatoms. The van der Waals surface area contributed by atoms with E-state index >= 15 is 0 Å². The lowest BCUT2D eigenvalue weighted by Gasteiger charge is -2.02. The largest absolute Gasteiger partial charge is 0.305 e. The van der Waals surface area contributed by atoms with Crippen LogP contribution in [0.2, 0.25) is 0 Å². The average Bonchev–Trinajstić information content (AvgIpc) is 3.09. The number of thiazole rings is 1. The van der Waals surface area contributed by atoms with E-state index in [-0.39, 0.29) is 0 Å². The van der Waals surface area contributed by atoms with Gasteiger partial charge in [0, 0.05) is 29.7 Å². The van der Waals surface area contributed by atoms with Crippen LogP contribution in [-0.2, 0) is 13.1 Å². The number of aromatic amines is 1. The highest BCUT2D eigenvalue weighted by Crippen LogP contribution is 2.18. The number of rotatable bonds is 5. The maximum Gasteiger partial charge on any atom is 0.117 e. The van der Waals surface area contributed by atoms with E-state index in [9.17, 15) is 0 Å². The first kappa shape index (κ1) is 13.0. The van der Waals surface area contributed by atoms with Crippen molar-refractivity contribution in [2.45, 2.75) is 20.0 Å². The molecule has 0 aliphatic carbocycles. The Bertz CT molecular complexity index is 674. The maximum absolute atomic E-state index is 4.42. The molecule has 0 fully saturated rings. The lowest BCUT2D eigenvalue weighted by molar-refractivity contribution is 0.674. The zero-order valence-corrected chi connectivity index (χ0v) is 11.9. The highest BCUT2D eigenvalue weighted by Gasteiger charge is 2.09. The molecule has 0 aliphatic heterocycles. The Kier molecular flexibility index (Phi) is 3.85. The fourth-order valence-corrected chi connectivity index (χ4v) is 2.72. The SMILES string of the molecule is Cc1csc(CNCc2n[nH]nc2-c2ccccc2)n1. The molecule has 102 valence electrons. The Labute approximate surface area is 121 Å². The predicted molar refractivity (Wildman–Crippen MR) is 79.2 cm³/mol. The van der Waals surface area contributed by atoms with Crippen molar-refractivity contribution in [3.05, 3.63) is 52.1 Å². The summed E-state index contributed by atoms with van der Waals surface area (Å²) in [6.45, 7) is 3.42. The quantitative estimate of drug-likeness (QED) is 0.756. The molecule has 0 atom stereocenters. The number of benzene rings is 1. The van der Waals surface area contributed by atoms with Gasteiger partial charge < -0.3 is 5.32 Å². The fraction of sp³-hybridized carbons (Fsp3) is 0.214. The normalized spacial score (nSPS) is 10.8. The average molecular weight is 285 g/mol. The summed E-state index contributed by atoms with van der Waals surface area (Å²) in [6.07, 6.45) is 0. The van der Waals surface area contributed by atoms with Gasteiger partial charge in [-0.05, 0) is 6.92 Å². The molecule has 0 saturated carbocycles. The second-order valence-electron chi connectivity index (χ2n) is 4.47. The first-order valence-electron chi connectivity index (χ1n) is 6.40. The van der Waals surface area contributed by atoms with E-state index in [1.165, 1.54) is 0 Å². The van der Waals surface area contributed by atoms with Gasteiger partial charge in [0.05, 0.1) is 0 Å². The van der Waals surface area contributed by atoms with Crippen molar-refractivity contribution >= 4 is 11.3 Å². The molecule has 5 nitrogen and oxygen atoms in total. The van der Waals surface area contributed by atoms with Crippen LogP contribution in [0.5, 0.6) is 0 Å². The number of nitrogens with zero attached hydrogens (tertiary/aromatic N) is 3. The van der Waals surface area contributed by atoms with Crippen molar-refractivity contribution < 1.29 is 0 Å². The van der Waals surface area contributed by atoms with Crippen molar-refractivity contribution in [1.29, 1.82) is 0 Å². The van der Waals surface area contributed by atoms with Crippen molar-refractivity contribution in [1.82, 2.24) is 25.7 Å². The summed E-state index contributed by atoms with van der Waals surface area (Å²) < 4.78 is 0. The summed E-state index contributed by atoms with van der Waals surface area (Å²) in [7, 11) is 0. The Morgan fingerprint density at radius 3 is 2.75 bits per heavy atom. The number of hydrogen-bond donors (Lipinski definition) is 2. The van der Waals surface area contributed by atoms with Gasteiger partial charge in [0.1, 0.15) is 16.4 Å². The van der Waals surface area contributed by atoms with Crippen molar-refractivity contribution in [3.63, 3.8) is 0 Å². The summed E-state index contributed by atoms with van der Waals surface area (Å²) in [6, 6.07) is 10.1. The summed E-state index contributed by atoms with van der Waals surface area (Å²) in [5, 5.41) is 17.6. The number of hydrogen-bond acceptors (Lipinski definition) is 5. The minimum Gasteiger partial charge on any atom is -0.305 e. The number of nitrogens with one attached hydrogen (secondary N) is 2. The van der Waals surface area contributed by atoms with E-state index in [1.54, 1.807) is 11.3 Å². The molecule has 1 aromatic carbocycles. The summed E-state index contributed by atoms with van der Waals surface area (Å²) in [4.78, 5) is 4.42.